The predicted molar refractivity (Wildman–Crippen MR) is 80.3 cm³/mol. The van der Waals surface area contributed by atoms with E-state index in [0.29, 0.717) is 15.9 Å². The van der Waals surface area contributed by atoms with E-state index in [2.05, 4.69) is 26.2 Å². The molecule has 0 saturated heterocycles. The quantitative estimate of drug-likeness (QED) is 0.883. The summed E-state index contributed by atoms with van der Waals surface area (Å²) >= 11 is 4.64. The SMILES string of the molecule is Cc1nc(CC(=O)Nc2ccc(Br)c(C(=O)O)c2)cs1. The molecule has 0 aliphatic rings. The van der Waals surface area contributed by atoms with Gasteiger partial charge in [0.05, 0.1) is 22.7 Å². The lowest BCUT2D eigenvalue weighted by Gasteiger charge is -2.06. The molecule has 0 radical (unpaired) electrons. The van der Waals surface area contributed by atoms with Crippen molar-refractivity contribution < 1.29 is 14.7 Å². The van der Waals surface area contributed by atoms with Gasteiger partial charge in [-0.1, -0.05) is 0 Å². The van der Waals surface area contributed by atoms with Crippen molar-refractivity contribution in [2.24, 2.45) is 0 Å². The number of carbonyl (C=O) groups is 2. The van der Waals surface area contributed by atoms with Crippen LogP contribution >= 0.6 is 27.3 Å². The Morgan fingerprint density at radius 1 is 1.45 bits per heavy atom. The Morgan fingerprint density at radius 2 is 2.20 bits per heavy atom. The van der Waals surface area contributed by atoms with Crippen LogP contribution < -0.4 is 5.32 Å². The summed E-state index contributed by atoms with van der Waals surface area (Å²) in [6.45, 7) is 1.87. The zero-order valence-corrected chi connectivity index (χ0v) is 12.9. The number of rotatable bonds is 4. The molecule has 0 bridgehead atoms. The van der Waals surface area contributed by atoms with Crippen molar-refractivity contribution in [2.75, 3.05) is 5.32 Å². The lowest BCUT2D eigenvalue weighted by atomic mass is 10.2. The summed E-state index contributed by atoms with van der Waals surface area (Å²) in [5.41, 5.74) is 1.26. The number of nitrogens with one attached hydrogen (secondary N) is 1. The Bertz CT molecular complexity index is 669. The monoisotopic (exact) mass is 354 g/mol. The zero-order chi connectivity index (χ0) is 14.7. The smallest absolute Gasteiger partial charge is 0.336 e. The van der Waals surface area contributed by atoms with Crippen molar-refractivity contribution in [3.05, 3.63) is 44.3 Å². The number of carbonyl (C=O) groups excluding carboxylic acids is 1. The van der Waals surface area contributed by atoms with E-state index in [9.17, 15) is 9.59 Å². The standard InChI is InChI=1S/C13H11BrN2O3S/c1-7-15-9(6-20-7)5-12(17)16-8-2-3-11(14)10(4-8)13(18)19/h2-4,6H,5H2,1H3,(H,16,17)(H,18,19). The molecule has 20 heavy (non-hydrogen) atoms. The number of benzene rings is 1. The molecule has 104 valence electrons. The zero-order valence-electron chi connectivity index (χ0n) is 10.5. The van der Waals surface area contributed by atoms with E-state index in [4.69, 9.17) is 5.11 Å². The number of carboxylic acid groups (broad SMARTS) is 1. The molecule has 0 fully saturated rings. The number of amides is 1. The highest BCUT2D eigenvalue weighted by atomic mass is 79.9. The van der Waals surface area contributed by atoms with Gasteiger partial charge < -0.3 is 10.4 Å². The summed E-state index contributed by atoms with van der Waals surface area (Å²) in [6.07, 6.45) is 0.169. The van der Waals surface area contributed by atoms with Crippen LogP contribution in [-0.2, 0) is 11.2 Å². The maximum atomic E-state index is 11.9. The number of thiazole rings is 1. The maximum Gasteiger partial charge on any atom is 0.336 e. The Kier molecular flexibility index (Phi) is 4.51. The van der Waals surface area contributed by atoms with Crippen LogP contribution in [0.25, 0.3) is 0 Å². The van der Waals surface area contributed by atoms with Gasteiger partial charge in [-0.2, -0.15) is 0 Å². The van der Waals surface area contributed by atoms with Crippen molar-refractivity contribution >= 4 is 44.8 Å². The summed E-state index contributed by atoms with van der Waals surface area (Å²) in [6, 6.07) is 4.64. The molecule has 0 unspecified atom stereocenters. The molecular formula is C13H11BrN2O3S. The van der Waals surface area contributed by atoms with E-state index in [0.717, 1.165) is 5.01 Å². The number of aryl methyl sites for hydroxylation is 1. The summed E-state index contributed by atoms with van der Waals surface area (Å²) in [5.74, 6) is -1.28. The van der Waals surface area contributed by atoms with Gasteiger partial charge in [0.15, 0.2) is 0 Å². The van der Waals surface area contributed by atoms with Crippen molar-refractivity contribution in [1.82, 2.24) is 4.98 Å². The third kappa shape index (κ3) is 3.64. The van der Waals surface area contributed by atoms with Crippen LogP contribution in [0.1, 0.15) is 21.1 Å². The van der Waals surface area contributed by atoms with Gasteiger partial charge in [-0.3, -0.25) is 4.79 Å². The maximum absolute atomic E-state index is 11.9. The molecule has 1 heterocycles. The first-order chi connectivity index (χ1) is 9.45. The second-order valence-corrected chi connectivity index (χ2v) is 6.00. The van der Waals surface area contributed by atoms with Crippen LogP contribution in [0.15, 0.2) is 28.1 Å². The molecule has 7 heteroatoms. The lowest BCUT2D eigenvalue weighted by molar-refractivity contribution is -0.115. The molecule has 2 aromatic rings. The first kappa shape index (κ1) is 14.7. The van der Waals surface area contributed by atoms with Crippen molar-refractivity contribution in [3.63, 3.8) is 0 Å². The fourth-order valence-electron chi connectivity index (χ4n) is 1.63. The lowest BCUT2D eigenvalue weighted by Crippen LogP contribution is -2.15. The minimum atomic E-state index is -1.05. The molecule has 0 spiro atoms. The summed E-state index contributed by atoms with van der Waals surface area (Å²) in [7, 11) is 0. The average molecular weight is 355 g/mol. The van der Waals surface area contributed by atoms with Crippen LogP contribution in [0.2, 0.25) is 0 Å². The second kappa shape index (κ2) is 6.15. The minimum absolute atomic E-state index is 0.104. The van der Waals surface area contributed by atoms with Gasteiger partial charge in [-0.15, -0.1) is 11.3 Å². The number of hydrogen-bond acceptors (Lipinski definition) is 4. The highest BCUT2D eigenvalue weighted by molar-refractivity contribution is 9.10. The van der Waals surface area contributed by atoms with Crippen molar-refractivity contribution in [1.29, 1.82) is 0 Å². The number of anilines is 1. The Morgan fingerprint density at radius 3 is 2.80 bits per heavy atom. The molecular weight excluding hydrogens is 344 g/mol. The third-order valence-corrected chi connectivity index (χ3v) is 4.00. The van der Waals surface area contributed by atoms with E-state index in [1.54, 1.807) is 12.1 Å². The van der Waals surface area contributed by atoms with Gasteiger partial charge in [-0.25, -0.2) is 9.78 Å². The Balaban J connectivity index is 2.08. The molecule has 0 atom stereocenters. The first-order valence-corrected chi connectivity index (χ1v) is 7.36. The fourth-order valence-corrected chi connectivity index (χ4v) is 2.65. The van der Waals surface area contributed by atoms with E-state index in [1.165, 1.54) is 17.4 Å². The van der Waals surface area contributed by atoms with E-state index < -0.39 is 5.97 Å². The molecule has 2 N–H and O–H groups in total. The van der Waals surface area contributed by atoms with Gasteiger partial charge in [0.25, 0.3) is 0 Å². The number of aromatic nitrogens is 1. The molecule has 1 amide bonds. The second-order valence-electron chi connectivity index (χ2n) is 4.08. The fraction of sp³-hybridized carbons (Fsp3) is 0.154. The highest BCUT2D eigenvalue weighted by Gasteiger charge is 2.11. The van der Waals surface area contributed by atoms with Gasteiger partial charge in [0.2, 0.25) is 5.91 Å². The number of aromatic carboxylic acids is 1. The van der Waals surface area contributed by atoms with Gasteiger partial charge in [0, 0.05) is 15.5 Å². The van der Waals surface area contributed by atoms with Crippen LogP contribution in [0.3, 0.4) is 0 Å². The first-order valence-electron chi connectivity index (χ1n) is 5.69. The van der Waals surface area contributed by atoms with E-state index >= 15 is 0 Å². The molecule has 1 aromatic heterocycles. The number of hydrogen-bond donors (Lipinski definition) is 2. The number of halogens is 1. The van der Waals surface area contributed by atoms with Crippen molar-refractivity contribution in [2.45, 2.75) is 13.3 Å². The highest BCUT2D eigenvalue weighted by Crippen LogP contribution is 2.21. The largest absolute Gasteiger partial charge is 0.478 e. The molecule has 0 saturated carbocycles. The van der Waals surface area contributed by atoms with E-state index in [-0.39, 0.29) is 17.9 Å². The number of carboxylic acids is 1. The Labute approximate surface area is 127 Å². The van der Waals surface area contributed by atoms with Crippen LogP contribution in [0.4, 0.5) is 5.69 Å². The molecule has 2 rings (SSSR count). The average Bonchev–Trinajstić information content (AvgIpc) is 2.76. The molecule has 0 aliphatic heterocycles. The normalized spacial score (nSPS) is 10.3. The summed E-state index contributed by atoms with van der Waals surface area (Å²) in [5, 5.41) is 14.4. The van der Waals surface area contributed by atoms with E-state index in [1.807, 2.05) is 12.3 Å². The van der Waals surface area contributed by atoms with Gasteiger partial charge in [0.1, 0.15) is 0 Å². The van der Waals surface area contributed by atoms with Crippen LogP contribution in [0.5, 0.6) is 0 Å². The number of nitrogens with zero attached hydrogens (tertiary/aromatic N) is 1. The topological polar surface area (TPSA) is 79.3 Å². The third-order valence-electron chi connectivity index (χ3n) is 2.49. The summed E-state index contributed by atoms with van der Waals surface area (Å²) in [4.78, 5) is 27.1. The molecule has 5 nitrogen and oxygen atoms in total. The van der Waals surface area contributed by atoms with Crippen LogP contribution in [-0.4, -0.2) is 22.0 Å². The minimum Gasteiger partial charge on any atom is -0.478 e. The molecule has 1 aromatic carbocycles. The Hall–Kier alpha value is -1.73. The summed E-state index contributed by atoms with van der Waals surface area (Å²) < 4.78 is 0.470. The van der Waals surface area contributed by atoms with Crippen LogP contribution in [0, 0.1) is 6.92 Å². The van der Waals surface area contributed by atoms with Gasteiger partial charge >= 0.3 is 5.97 Å². The molecule has 0 aliphatic carbocycles. The predicted octanol–water partition coefficient (Wildman–Crippen LogP) is 3.09. The van der Waals surface area contributed by atoms with Gasteiger partial charge in [-0.05, 0) is 41.1 Å². The van der Waals surface area contributed by atoms with Crippen molar-refractivity contribution in [3.8, 4) is 0 Å².